The number of nitro groups is 1. The molecular formula is C20H13ClN4O4. The first kappa shape index (κ1) is 18.5. The zero-order valence-corrected chi connectivity index (χ0v) is 15.5. The highest BCUT2D eigenvalue weighted by molar-refractivity contribution is 6.33. The normalized spacial score (nSPS) is 11.2. The molecule has 29 heavy (non-hydrogen) atoms. The number of rotatable bonds is 5. The summed E-state index contributed by atoms with van der Waals surface area (Å²) in [5, 5.41) is 16.0. The SMILES string of the molecule is O=C(N/N=C/c1ccc(-c2cc([N+](=O)[O-])ccc2Cl)o1)c1c[nH]c2ccccc12. The van der Waals surface area contributed by atoms with E-state index in [0.29, 0.717) is 27.7 Å². The van der Waals surface area contributed by atoms with E-state index in [2.05, 4.69) is 15.5 Å². The minimum absolute atomic E-state index is 0.0954. The average Bonchev–Trinajstić information content (AvgIpc) is 3.35. The minimum atomic E-state index is -0.509. The van der Waals surface area contributed by atoms with Gasteiger partial charge in [0, 0.05) is 34.8 Å². The molecule has 2 N–H and O–H groups in total. The third-order valence-electron chi connectivity index (χ3n) is 4.24. The molecule has 1 amide bonds. The van der Waals surface area contributed by atoms with Crippen LogP contribution in [0.3, 0.4) is 0 Å². The molecule has 0 unspecified atom stereocenters. The number of nitrogens with one attached hydrogen (secondary N) is 2. The number of hydrogen-bond acceptors (Lipinski definition) is 5. The lowest BCUT2D eigenvalue weighted by Crippen LogP contribution is -2.17. The largest absolute Gasteiger partial charge is 0.455 e. The minimum Gasteiger partial charge on any atom is -0.455 e. The molecule has 0 radical (unpaired) electrons. The van der Waals surface area contributed by atoms with E-state index in [0.717, 1.165) is 10.9 Å². The number of amides is 1. The number of aromatic nitrogens is 1. The molecule has 0 aliphatic carbocycles. The number of benzene rings is 2. The molecule has 0 fully saturated rings. The second-order valence-corrected chi connectivity index (χ2v) is 6.48. The highest BCUT2D eigenvalue weighted by Crippen LogP contribution is 2.32. The number of carbonyl (C=O) groups is 1. The van der Waals surface area contributed by atoms with Crippen molar-refractivity contribution in [1.29, 1.82) is 0 Å². The summed E-state index contributed by atoms with van der Waals surface area (Å²) in [4.78, 5) is 25.8. The van der Waals surface area contributed by atoms with Gasteiger partial charge in [0.1, 0.15) is 11.5 Å². The van der Waals surface area contributed by atoms with Crippen LogP contribution in [0.1, 0.15) is 16.1 Å². The van der Waals surface area contributed by atoms with Gasteiger partial charge in [-0.2, -0.15) is 5.10 Å². The third-order valence-corrected chi connectivity index (χ3v) is 4.57. The molecule has 0 atom stereocenters. The number of non-ortho nitro benzene ring substituents is 1. The van der Waals surface area contributed by atoms with Crippen molar-refractivity contribution in [3.8, 4) is 11.3 Å². The van der Waals surface area contributed by atoms with Gasteiger partial charge in [0.2, 0.25) is 0 Å². The smallest absolute Gasteiger partial charge is 0.273 e. The number of aromatic amines is 1. The second-order valence-electron chi connectivity index (χ2n) is 6.07. The molecular weight excluding hydrogens is 396 g/mol. The lowest BCUT2D eigenvalue weighted by Gasteiger charge is -2.00. The van der Waals surface area contributed by atoms with E-state index < -0.39 is 4.92 Å². The van der Waals surface area contributed by atoms with Gasteiger partial charge < -0.3 is 9.40 Å². The Bertz CT molecular complexity index is 1260. The first-order valence-electron chi connectivity index (χ1n) is 8.46. The molecule has 0 saturated carbocycles. The predicted molar refractivity (Wildman–Crippen MR) is 109 cm³/mol. The van der Waals surface area contributed by atoms with Crippen molar-refractivity contribution in [3.63, 3.8) is 0 Å². The fraction of sp³-hybridized carbons (Fsp3) is 0. The molecule has 2 aromatic heterocycles. The summed E-state index contributed by atoms with van der Waals surface area (Å²) in [7, 11) is 0. The summed E-state index contributed by atoms with van der Waals surface area (Å²) in [5.41, 5.74) is 4.07. The Hall–Kier alpha value is -3.91. The fourth-order valence-electron chi connectivity index (χ4n) is 2.86. The zero-order valence-electron chi connectivity index (χ0n) is 14.8. The molecule has 0 aliphatic rings. The van der Waals surface area contributed by atoms with Gasteiger partial charge in [-0.05, 0) is 24.3 Å². The molecule has 9 heteroatoms. The van der Waals surface area contributed by atoms with Crippen molar-refractivity contribution in [3.05, 3.63) is 87.3 Å². The van der Waals surface area contributed by atoms with E-state index in [4.69, 9.17) is 16.0 Å². The van der Waals surface area contributed by atoms with Gasteiger partial charge in [0.05, 0.1) is 21.7 Å². The molecule has 2 heterocycles. The van der Waals surface area contributed by atoms with Crippen LogP contribution in [0.2, 0.25) is 5.02 Å². The predicted octanol–water partition coefficient (Wildman–Crippen LogP) is 4.75. The van der Waals surface area contributed by atoms with E-state index in [1.165, 1.54) is 24.4 Å². The number of fused-ring (bicyclic) bond motifs is 1. The van der Waals surface area contributed by atoms with Crippen molar-refractivity contribution >= 4 is 40.3 Å². The van der Waals surface area contributed by atoms with Gasteiger partial charge in [0.25, 0.3) is 11.6 Å². The monoisotopic (exact) mass is 408 g/mol. The highest BCUT2D eigenvalue weighted by atomic mass is 35.5. The van der Waals surface area contributed by atoms with Crippen LogP contribution in [-0.4, -0.2) is 22.0 Å². The molecule has 0 aliphatic heterocycles. The van der Waals surface area contributed by atoms with Gasteiger partial charge in [-0.25, -0.2) is 5.43 Å². The lowest BCUT2D eigenvalue weighted by atomic mass is 10.1. The van der Waals surface area contributed by atoms with Crippen LogP contribution in [0.25, 0.3) is 22.2 Å². The average molecular weight is 409 g/mol. The second kappa shape index (κ2) is 7.61. The van der Waals surface area contributed by atoms with Crippen LogP contribution < -0.4 is 5.43 Å². The quantitative estimate of drug-likeness (QED) is 0.281. The number of carbonyl (C=O) groups excluding carboxylic acids is 1. The Morgan fingerprint density at radius 1 is 1.21 bits per heavy atom. The van der Waals surface area contributed by atoms with E-state index in [1.54, 1.807) is 18.3 Å². The van der Waals surface area contributed by atoms with Crippen LogP contribution in [0.5, 0.6) is 0 Å². The first-order valence-corrected chi connectivity index (χ1v) is 8.84. The topological polar surface area (TPSA) is 114 Å². The Kier molecular flexibility index (Phi) is 4.84. The zero-order chi connectivity index (χ0) is 20.4. The molecule has 0 bridgehead atoms. The van der Waals surface area contributed by atoms with Crippen LogP contribution in [0.15, 0.2) is 70.3 Å². The Labute approximate surface area is 168 Å². The maximum Gasteiger partial charge on any atom is 0.273 e. The van der Waals surface area contributed by atoms with Crippen molar-refractivity contribution in [2.45, 2.75) is 0 Å². The molecule has 4 rings (SSSR count). The van der Waals surface area contributed by atoms with Crippen LogP contribution in [0.4, 0.5) is 5.69 Å². The van der Waals surface area contributed by atoms with Gasteiger partial charge in [-0.15, -0.1) is 0 Å². The number of H-pyrrole nitrogens is 1. The summed E-state index contributed by atoms with van der Waals surface area (Å²) < 4.78 is 5.61. The van der Waals surface area contributed by atoms with Crippen molar-refractivity contribution < 1.29 is 14.1 Å². The number of hydrazone groups is 1. The van der Waals surface area contributed by atoms with Gasteiger partial charge in [-0.1, -0.05) is 29.8 Å². The highest BCUT2D eigenvalue weighted by Gasteiger charge is 2.14. The van der Waals surface area contributed by atoms with Crippen LogP contribution in [0, 0.1) is 10.1 Å². The summed E-state index contributed by atoms with van der Waals surface area (Å²) >= 11 is 6.12. The van der Waals surface area contributed by atoms with E-state index in [9.17, 15) is 14.9 Å². The van der Waals surface area contributed by atoms with Crippen molar-refractivity contribution in [2.75, 3.05) is 0 Å². The summed E-state index contributed by atoms with van der Waals surface area (Å²) in [5.74, 6) is 0.331. The standard InChI is InChI=1S/C20H13ClN4O4/c21-17-7-5-12(25(27)28)9-15(17)19-8-6-13(29-19)10-23-24-20(26)16-11-22-18-4-2-1-3-14(16)18/h1-11,22H,(H,24,26)/b23-10+. The van der Waals surface area contributed by atoms with E-state index in [1.807, 2.05) is 24.3 Å². The summed E-state index contributed by atoms with van der Waals surface area (Å²) in [6, 6.07) is 14.8. The summed E-state index contributed by atoms with van der Waals surface area (Å²) in [6.07, 6.45) is 2.95. The summed E-state index contributed by atoms with van der Waals surface area (Å²) in [6.45, 7) is 0. The van der Waals surface area contributed by atoms with E-state index in [-0.39, 0.29) is 11.6 Å². The number of nitro benzene ring substituents is 1. The Morgan fingerprint density at radius 2 is 2.03 bits per heavy atom. The molecule has 0 spiro atoms. The first-order chi connectivity index (χ1) is 14.0. The third kappa shape index (κ3) is 3.74. The van der Waals surface area contributed by atoms with Gasteiger partial charge in [-0.3, -0.25) is 14.9 Å². The number of hydrogen-bond donors (Lipinski definition) is 2. The van der Waals surface area contributed by atoms with Gasteiger partial charge >= 0.3 is 0 Å². The number of halogens is 1. The molecule has 2 aromatic carbocycles. The van der Waals surface area contributed by atoms with Crippen LogP contribution >= 0.6 is 11.6 Å². The van der Waals surface area contributed by atoms with Crippen molar-refractivity contribution in [2.24, 2.45) is 5.10 Å². The van der Waals surface area contributed by atoms with E-state index >= 15 is 0 Å². The molecule has 144 valence electrons. The van der Waals surface area contributed by atoms with Crippen molar-refractivity contribution in [1.82, 2.24) is 10.4 Å². The Morgan fingerprint density at radius 3 is 2.86 bits per heavy atom. The molecule has 8 nitrogen and oxygen atoms in total. The number of nitrogens with zero attached hydrogens (tertiary/aromatic N) is 2. The maximum absolute atomic E-state index is 12.3. The lowest BCUT2D eigenvalue weighted by molar-refractivity contribution is -0.384. The number of furan rings is 1. The fourth-order valence-corrected chi connectivity index (χ4v) is 3.07. The molecule has 0 saturated heterocycles. The van der Waals surface area contributed by atoms with Gasteiger partial charge in [0.15, 0.2) is 0 Å². The maximum atomic E-state index is 12.3. The van der Waals surface area contributed by atoms with Crippen LogP contribution in [-0.2, 0) is 0 Å². The Balaban J connectivity index is 1.49. The number of para-hydroxylation sites is 1. The molecule has 4 aromatic rings.